The number of carbonyl (C=O) groups is 1. The van der Waals surface area contributed by atoms with Gasteiger partial charge >= 0.3 is 0 Å². The molecule has 4 nitrogen and oxygen atoms in total. The SMILES string of the molecule is NC(=S)N(NC(=O)C1CC1)c1ccccc1. The second-order valence-electron chi connectivity index (χ2n) is 3.76. The highest BCUT2D eigenvalue weighted by Gasteiger charge is 2.31. The minimum atomic E-state index is -0.0170. The van der Waals surface area contributed by atoms with Gasteiger partial charge in [0, 0.05) is 5.92 Å². The fraction of sp³-hybridized carbons (Fsp3) is 0.273. The van der Waals surface area contributed by atoms with E-state index in [4.69, 9.17) is 18.0 Å². The molecule has 1 fully saturated rings. The number of anilines is 1. The van der Waals surface area contributed by atoms with Crippen molar-refractivity contribution in [2.75, 3.05) is 5.01 Å². The van der Waals surface area contributed by atoms with Crippen LogP contribution in [0.4, 0.5) is 5.69 Å². The molecule has 0 saturated heterocycles. The molecule has 84 valence electrons. The van der Waals surface area contributed by atoms with Crippen LogP contribution in [0.5, 0.6) is 0 Å². The predicted octanol–water partition coefficient (Wildman–Crippen LogP) is 1.18. The molecule has 1 saturated carbocycles. The minimum Gasteiger partial charge on any atom is -0.374 e. The lowest BCUT2D eigenvalue weighted by atomic mass is 10.3. The molecule has 0 bridgehead atoms. The molecule has 1 aliphatic rings. The Morgan fingerprint density at radius 2 is 2.00 bits per heavy atom. The Balaban J connectivity index is 2.11. The highest BCUT2D eigenvalue weighted by atomic mass is 32.1. The molecule has 5 heteroatoms. The maximum absolute atomic E-state index is 11.6. The van der Waals surface area contributed by atoms with Crippen molar-refractivity contribution in [2.45, 2.75) is 12.8 Å². The number of amides is 1. The van der Waals surface area contributed by atoms with E-state index in [-0.39, 0.29) is 16.9 Å². The molecule has 3 N–H and O–H groups in total. The van der Waals surface area contributed by atoms with Gasteiger partial charge in [-0.05, 0) is 37.2 Å². The zero-order valence-electron chi connectivity index (χ0n) is 8.72. The Bertz CT molecular complexity index is 403. The molecule has 0 atom stereocenters. The lowest BCUT2D eigenvalue weighted by molar-refractivity contribution is -0.122. The van der Waals surface area contributed by atoms with Crippen LogP contribution >= 0.6 is 12.2 Å². The molecule has 0 radical (unpaired) electrons. The number of carbonyl (C=O) groups excluding carboxylic acids is 1. The number of rotatable bonds is 2. The molecule has 16 heavy (non-hydrogen) atoms. The van der Waals surface area contributed by atoms with Gasteiger partial charge in [0.05, 0.1) is 5.69 Å². The number of thiocarbonyl (C=S) groups is 1. The molecule has 1 amide bonds. The monoisotopic (exact) mass is 235 g/mol. The van der Waals surface area contributed by atoms with Gasteiger partial charge in [0.2, 0.25) is 5.91 Å². The summed E-state index contributed by atoms with van der Waals surface area (Å²) in [6.07, 6.45) is 1.90. The van der Waals surface area contributed by atoms with Crippen molar-refractivity contribution in [3.63, 3.8) is 0 Å². The third kappa shape index (κ3) is 2.49. The number of hydrogen-bond donors (Lipinski definition) is 2. The van der Waals surface area contributed by atoms with E-state index in [1.54, 1.807) is 0 Å². The Morgan fingerprint density at radius 1 is 1.38 bits per heavy atom. The fourth-order valence-electron chi connectivity index (χ4n) is 1.37. The van der Waals surface area contributed by atoms with Gasteiger partial charge in [0.15, 0.2) is 5.11 Å². The van der Waals surface area contributed by atoms with Gasteiger partial charge in [-0.3, -0.25) is 10.2 Å². The molecule has 2 rings (SSSR count). The van der Waals surface area contributed by atoms with Crippen molar-refractivity contribution in [1.29, 1.82) is 0 Å². The van der Waals surface area contributed by atoms with Gasteiger partial charge in [-0.25, -0.2) is 5.01 Å². The number of nitrogens with zero attached hydrogens (tertiary/aromatic N) is 1. The Hall–Kier alpha value is -1.62. The summed E-state index contributed by atoms with van der Waals surface area (Å²) in [5.41, 5.74) is 9.07. The van der Waals surface area contributed by atoms with Crippen LogP contribution < -0.4 is 16.2 Å². The van der Waals surface area contributed by atoms with E-state index >= 15 is 0 Å². The van der Waals surface area contributed by atoms with Crippen LogP contribution in [-0.4, -0.2) is 11.0 Å². The smallest absolute Gasteiger partial charge is 0.241 e. The Labute approximate surface area is 99.4 Å². The van der Waals surface area contributed by atoms with E-state index in [1.807, 2.05) is 30.3 Å². The molecule has 1 aliphatic carbocycles. The van der Waals surface area contributed by atoms with Gasteiger partial charge in [0.25, 0.3) is 0 Å². The minimum absolute atomic E-state index is 0.0170. The summed E-state index contributed by atoms with van der Waals surface area (Å²) in [5, 5.41) is 1.58. The average molecular weight is 235 g/mol. The van der Waals surface area contributed by atoms with E-state index in [0.29, 0.717) is 0 Å². The highest BCUT2D eigenvalue weighted by Crippen LogP contribution is 2.29. The van der Waals surface area contributed by atoms with Crippen molar-refractivity contribution < 1.29 is 4.79 Å². The van der Waals surface area contributed by atoms with Crippen LogP contribution in [0.15, 0.2) is 30.3 Å². The summed E-state index contributed by atoms with van der Waals surface area (Å²) < 4.78 is 0. The van der Waals surface area contributed by atoms with Crippen molar-refractivity contribution in [3.05, 3.63) is 30.3 Å². The lowest BCUT2D eigenvalue weighted by Gasteiger charge is -2.23. The third-order valence-corrected chi connectivity index (χ3v) is 2.59. The molecule has 0 aliphatic heterocycles. The van der Waals surface area contributed by atoms with Crippen molar-refractivity contribution in [2.24, 2.45) is 11.7 Å². The summed E-state index contributed by atoms with van der Waals surface area (Å²) in [7, 11) is 0. The molecule has 1 aromatic rings. The van der Waals surface area contributed by atoms with E-state index < -0.39 is 0 Å². The van der Waals surface area contributed by atoms with Gasteiger partial charge in [-0.2, -0.15) is 0 Å². The van der Waals surface area contributed by atoms with Crippen LogP contribution in [-0.2, 0) is 4.79 Å². The first-order chi connectivity index (χ1) is 7.68. The zero-order valence-corrected chi connectivity index (χ0v) is 9.54. The average Bonchev–Trinajstić information content (AvgIpc) is 3.10. The normalized spacial score (nSPS) is 14.2. The fourth-order valence-corrected chi connectivity index (χ4v) is 1.52. The van der Waals surface area contributed by atoms with E-state index in [2.05, 4.69) is 5.43 Å². The topological polar surface area (TPSA) is 58.4 Å². The molecule has 0 unspecified atom stereocenters. The zero-order chi connectivity index (χ0) is 11.5. The summed E-state index contributed by atoms with van der Waals surface area (Å²) in [4.78, 5) is 11.6. The second kappa shape index (κ2) is 4.49. The lowest BCUT2D eigenvalue weighted by Crippen LogP contribution is -2.49. The van der Waals surface area contributed by atoms with E-state index in [1.165, 1.54) is 5.01 Å². The summed E-state index contributed by atoms with van der Waals surface area (Å²) in [5.74, 6) is 0.109. The first-order valence-electron chi connectivity index (χ1n) is 5.13. The Morgan fingerprint density at radius 3 is 2.50 bits per heavy atom. The number of para-hydroxylation sites is 1. The molecule has 0 spiro atoms. The van der Waals surface area contributed by atoms with Crippen LogP contribution in [0.2, 0.25) is 0 Å². The molecule has 0 heterocycles. The summed E-state index contributed by atoms with van der Waals surface area (Å²) in [6, 6.07) is 9.30. The van der Waals surface area contributed by atoms with Gasteiger partial charge in [-0.15, -0.1) is 0 Å². The van der Waals surface area contributed by atoms with Crippen molar-refractivity contribution >= 4 is 28.9 Å². The first-order valence-corrected chi connectivity index (χ1v) is 5.54. The van der Waals surface area contributed by atoms with Crippen LogP contribution in [0.25, 0.3) is 0 Å². The Kier molecular flexibility index (Phi) is 3.05. The molecule has 0 aromatic heterocycles. The molecule has 1 aromatic carbocycles. The summed E-state index contributed by atoms with van der Waals surface area (Å²) in [6.45, 7) is 0. The number of hydrogen-bond acceptors (Lipinski definition) is 2. The molecular weight excluding hydrogens is 222 g/mol. The third-order valence-electron chi connectivity index (χ3n) is 2.40. The van der Waals surface area contributed by atoms with Crippen LogP contribution in [0, 0.1) is 5.92 Å². The number of hydrazine groups is 1. The largest absolute Gasteiger partial charge is 0.374 e. The quantitative estimate of drug-likeness (QED) is 0.597. The van der Waals surface area contributed by atoms with Gasteiger partial charge < -0.3 is 5.73 Å². The van der Waals surface area contributed by atoms with Crippen LogP contribution in [0.3, 0.4) is 0 Å². The van der Waals surface area contributed by atoms with Crippen LogP contribution in [0.1, 0.15) is 12.8 Å². The maximum atomic E-state index is 11.6. The molecular formula is C11H13N3OS. The second-order valence-corrected chi connectivity index (χ2v) is 4.18. The highest BCUT2D eigenvalue weighted by molar-refractivity contribution is 7.80. The van der Waals surface area contributed by atoms with Crippen molar-refractivity contribution in [3.8, 4) is 0 Å². The maximum Gasteiger partial charge on any atom is 0.241 e. The van der Waals surface area contributed by atoms with Crippen molar-refractivity contribution in [1.82, 2.24) is 5.43 Å². The number of nitrogens with one attached hydrogen (secondary N) is 1. The van der Waals surface area contributed by atoms with E-state index in [9.17, 15) is 4.79 Å². The number of benzene rings is 1. The standard InChI is InChI=1S/C11H13N3OS/c12-11(16)14(9-4-2-1-3-5-9)13-10(15)8-6-7-8/h1-5,8H,6-7H2,(H2,12,16)(H,13,15). The van der Waals surface area contributed by atoms with Gasteiger partial charge in [-0.1, -0.05) is 18.2 Å². The summed E-state index contributed by atoms with van der Waals surface area (Å²) >= 11 is 4.91. The van der Waals surface area contributed by atoms with Gasteiger partial charge in [0.1, 0.15) is 0 Å². The predicted molar refractivity (Wildman–Crippen MR) is 66.6 cm³/mol. The van der Waals surface area contributed by atoms with E-state index in [0.717, 1.165) is 18.5 Å². The first kappa shape index (κ1) is 10.9. The number of nitrogens with two attached hydrogens (primary N) is 1.